The average molecular weight is 164 g/mol. The Morgan fingerprint density at radius 2 is 1.75 bits per heavy atom. The Bertz CT molecular complexity index is 311. The Balaban J connectivity index is 3.32. The van der Waals surface area contributed by atoms with Crippen LogP contribution in [-0.4, -0.2) is 0 Å². The lowest BCUT2D eigenvalue weighted by Gasteiger charge is -2.04. The van der Waals surface area contributed by atoms with Gasteiger partial charge in [-0.05, 0) is 31.9 Å². The molecule has 0 saturated heterocycles. The van der Waals surface area contributed by atoms with Crippen LogP contribution in [0.4, 0.5) is 4.39 Å². The molecule has 0 aliphatic rings. The quantitative estimate of drug-likeness (QED) is 0.596. The number of halogens is 1. The highest BCUT2D eigenvalue weighted by molar-refractivity contribution is 5.55. The van der Waals surface area contributed by atoms with E-state index in [0.717, 1.165) is 5.56 Å². The van der Waals surface area contributed by atoms with Crippen molar-refractivity contribution in [3.05, 3.63) is 40.7 Å². The largest absolute Gasteiger partial charge is 0.206 e. The summed E-state index contributed by atoms with van der Waals surface area (Å²) in [5, 5.41) is 0. The molecule has 64 valence electrons. The molecule has 0 spiro atoms. The summed E-state index contributed by atoms with van der Waals surface area (Å²) < 4.78 is 13.4. The monoisotopic (exact) mass is 164 g/mol. The fourth-order valence-electron chi connectivity index (χ4n) is 1.17. The fourth-order valence-corrected chi connectivity index (χ4v) is 1.17. The molecule has 0 aliphatic heterocycles. The highest BCUT2D eigenvalue weighted by atomic mass is 19.1. The molecular weight excluding hydrogens is 151 g/mol. The maximum Gasteiger partial charge on any atom is 0.133 e. The molecule has 0 bridgehead atoms. The molecule has 1 aromatic rings. The van der Waals surface area contributed by atoms with E-state index in [9.17, 15) is 4.39 Å². The van der Waals surface area contributed by atoms with E-state index in [4.69, 9.17) is 0 Å². The van der Waals surface area contributed by atoms with Crippen LogP contribution in [0.15, 0.2) is 18.2 Å². The number of benzene rings is 1. The Labute approximate surface area is 72.7 Å². The normalized spacial score (nSPS) is 11.0. The van der Waals surface area contributed by atoms with Gasteiger partial charge in [0.15, 0.2) is 0 Å². The average Bonchev–Trinajstić information content (AvgIpc) is 2.06. The first-order valence-corrected chi connectivity index (χ1v) is 4.05. The molecular formula is C11H13F. The van der Waals surface area contributed by atoms with Gasteiger partial charge in [-0.15, -0.1) is 0 Å². The second kappa shape index (κ2) is 3.53. The molecule has 0 fully saturated rings. The van der Waals surface area contributed by atoms with Crippen molar-refractivity contribution in [2.45, 2.75) is 20.8 Å². The minimum Gasteiger partial charge on any atom is -0.206 e. The van der Waals surface area contributed by atoms with Crippen LogP contribution in [0.2, 0.25) is 0 Å². The molecule has 0 N–H and O–H groups in total. The van der Waals surface area contributed by atoms with Crippen molar-refractivity contribution in [2.24, 2.45) is 0 Å². The summed E-state index contributed by atoms with van der Waals surface area (Å²) in [4.78, 5) is 0. The van der Waals surface area contributed by atoms with Gasteiger partial charge in [-0.2, -0.15) is 0 Å². The van der Waals surface area contributed by atoms with Crippen LogP contribution < -0.4 is 0 Å². The number of allylic oxidation sites excluding steroid dienone is 1. The van der Waals surface area contributed by atoms with Crippen LogP contribution in [-0.2, 0) is 0 Å². The van der Waals surface area contributed by atoms with Crippen molar-refractivity contribution in [1.29, 1.82) is 0 Å². The zero-order valence-electron chi connectivity index (χ0n) is 7.69. The molecule has 0 nitrogen and oxygen atoms in total. The van der Waals surface area contributed by atoms with Gasteiger partial charge < -0.3 is 0 Å². The first-order valence-electron chi connectivity index (χ1n) is 4.05. The van der Waals surface area contributed by atoms with Gasteiger partial charge in [0.25, 0.3) is 0 Å². The zero-order chi connectivity index (χ0) is 9.14. The second-order valence-electron chi connectivity index (χ2n) is 2.93. The molecule has 0 radical (unpaired) electrons. The van der Waals surface area contributed by atoms with Crippen LogP contribution >= 0.6 is 0 Å². The van der Waals surface area contributed by atoms with E-state index in [0.29, 0.717) is 11.1 Å². The van der Waals surface area contributed by atoms with E-state index in [1.54, 1.807) is 19.1 Å². The standard InChI is InChI=1S/C11H13F/c1-4-5-10-8(2)6-7-9(3)11(10)12/h4-7H,1-3H3/b5-4-. The van der Waals surface area contributed by atoms with Crippen LogP contribution in [0, 0.1) is 19.7 Å². The minimum atomic E-state index is -0.104. The molecule has 0 atom stereocenters. The van der Waals surface area contributed by atoms with Crippen LogP contribution in [0.25, 0.3) is 6.08 Å². The van der Waals surface area contributed by atoms with Gasteiger partial charge in [-0.25, -0.2) is 4.39 Å². The summed E-state index contributed by atoms with van der Waals surface area (Å²) in [6.07, 6.45) is 3.66. The van der Waals surface area contributed by atoms with Crippen molar-refractivity contribution in [2.75, 3.05) is 0 Å². The highest BCUT2D eigenvalue weighted by Gasteiger charge is 2.04. The van der Waals surface area contributed by atoms with Gasteiger partial charge in [0, 0.05) is 5.56 Å². The maximum absolute atomic E-state index is 13.4. The third kappa shape index (κ3) is 1.55. The number of aryl methyl sites for hydroxylation is 2. The summed E-state index contributed by atoms with van der Waals surface area (Å²) in [5.74, 6) is -0.104. The Morgan fingerprint density at radius 3 is 2.33 bits per heavy atom. The molecule has 1 heteroatoms. The number of hydrogen-bond donors (Lipinski definition) is 0. The Kier molecular flexibility index (Phi) is 2.64. The van der Waals surface area contributed by atoms with Gasteiger partial charge in [-0.3, -0.25) is 0 Å². The molecule has 0 aromatic heterocycles. The first-order chi connectivity index (χ1) is 5.66. The molecule has 0 heterocycles. The lowest BCUT2D eigenvalue weighted by molar-refractivity contribution is 0.614. The smallest absolute Gasteiger partial charge is 0.133 e. The van der Waals surface area contributed by atoms with E-state index < -0.39 is 0 Å². The van der Waals surface area contributed by atoms with Crippen molar-refractivity contribution >= 4 is 6.08 Å². The highest BCUT2D eigenvalue weighted by Crippen LogP contribution is 2.17. The lowest BCUT2D eigenvalue weighted by Crippen LogP contribution is -1.90. The minimum absolute atomic E-state index is 0.104. The molecule has 0 unspecified atom stereocenters. The van der Waals surface area contributed by atoms with E-state index in [-0.39, 0.29) is 5.82 Å². The summed E-state index contributed by atoms with van der Waals surface area (Å²) >= 11 is 0. The third-order valence-corrected chi connectivity index (χ3v) is 1.92. The summed E-state index contributed by atoms with van der Waals surface area (Å²) in [6, 6.07) is 3.74. The molecule has 0 saturated carbocycles. The predicted molar refractivity (Wildman–Crippen MR) is 50.6 cm³/mol. The zero-order valence-corrected chi connectivity index (χ0v) is 7.69. The third-order valence-electron chi connectivity index (χ3n) is 1.92. The molecule has 12 heavy (non-hydrogen) atoms. The van der Waals surface area contributed by atoms with Crippen molar-refractivity contribution in [3.8, 4) is 0 Å². The van der Waals surface area contributed by atoms with Gasteiger partial charge in [0.1, 0.15) is 5.82 Å². The predicted octanol–water partition coefficient (Wildman–Crippen LogP) is 3.48. The SMILES string of the molecule is C/C=C\c1c(C)ccc(C)c1F. The van der Waals surface area contributed by atoms with Crippen molar-refractivity contribution in [3.63, 3.8) is 0 Å². The van der Waals surface area contributed by atoms with Gasteiger partial charge in [0.05, 0.1) is 0 Å². The van der Waals surface area contributed by atoms with Crippen LogP contribution in [0.3, 0.4) is 0 Å². The van der Waals surface area contributed by atoms with E-state index in [1.165, 1.54) is 0 Å². The number of rotatable bonds is 1. The Hall–Kier alpha value is -1.11. The summed E-state index contributed by atoms with van der Waals surface area (Å²) in [5.41, 5.74) is 2.39. The molecule has 0 amide bonds. The molecule has 1 rings (SSSR count). The van der Waals surface area contributed by atoms with Crippen LogP contribution in [0.5, 0.6) is 0 Å². The topological polar surface area (TPSA) is 0 Å². The summed E-state index contributed by atoms with van der Waals surface area (Å²) in [6.45, 7) is 5.58. The van der Waals surface area contributed by atoms with Gasteiger partial charge in [-0.1, -0.05) is 24.3 Å². The second-order valence-corrected chi connectivity index (χ2v) is 2.93. The Morgan fingerprint density at radius 1 is 1.17 bits per heavy atom. The number of hydrogen-bond acceptors (Lipinski definition) is 0. The first kappa shape index (κ1) is 8.98. The van der Waals surface area contributed by atoms with E-state index >= 15 is 0 Å². The maximum atomic E-state index is 13.4. The van der Waals surface area contributed by atoms with Crippen LogP contribution in [0.1, 0.15) is 23.6 Å². The fraction of sp³-hybridized carbons (Fsp3) is 0.273. The van der Waals surface area contributed by atoms with Gasteiger partial charge >= 0.3 is 0 Å². The van der Waals surface area contributed by atoms with Gasteiger partial charge in [0.2, 0.25) is 0 Å². The summed E-state index contributed by atoms with van der Waals surface area (Å²) in [7, 11) is 0. The molecule has 1 aromatic carbocycles. The van der Waals surface area contributed by atoms with E-state index in [2.05, 4.69) is 0 Å². The lowest BCUT2D eigenvalue weighted by atomic mass is 10.0. The van der Waals surface area contributed by atoms with E-state index in [1.807, 2.05) is 26.0 Å². The molecule has 0 aliphatic carbocycles. The van der Waals surface area contributed by atoms with Crippen molar-refractivity contribution in [1.82, 2.24) is 0 Å². The van der Waals surface area contributed by atoms with Crippen molar-refractivity contribution < 1.29 is 4.39 Å².